The number of sulfonamides is 2. The van der Waals surface area contributed by atoms with Crippen molar-refractivity contribution in [2.75, 3.05) is 0 Å². The Labute approximate surface area is 380 Å². The molecular weight excluding hydrogens is 920 g/mol. The summed E-state index contributed by atoms with van der Waals surface area (Å²) in [6, 6.07) is 25.6. The van der Waals surface area contributed by atoms with Gasteiger partial charge in [-0.25, -0.2) is 50.8 Å². The number of halogens is 2. The summed E-state index contributed by atoms with van der Waals surface area (Å²) in [6.07, 6.45) is 3.66. The fourth-order valence-corrected chi connectivity index (χ4v) is 10.4. The van der Waals surface area contributed by atoms with Crippen molar-refractivity contribution in [3.63, 3.8) is 0 Å². The molecule has 0 saturated carbocycles. The van der Waals surface area contributed by atoms with Gasteiger partial charge in [-0.2, -0.15) is 10.2 Å². The van der Waals surface area contributed by atoms with Gasteiger partial charge in [0.05, 0.1) is 20.9 Å². The Morgan fingerprint density at radius 3 is 1.33 bits per heavy atom. The third-order valence-electron chi connectivity index (χ3n) is 11.2. The van der Waals surface area contributed by atoms with Crippen molar-refractivity contribution >= 4 is 81.9 Å². The maximum Gasteiger partial charge on any atom is 0.338 e. The van der Waals surface area contributed by atoms with Crippen molar-refractivity contribution in [1.82, 2.24) is 34.3 Å². The molecule has 4 N–H and O–H groups in total. The van der Waals surface area contributed by atoms with Gasteiger partial charge in [0.25, 0.3) is 15.9 Å². The van der Waals surface area contributed by atoms with Crippen LogP contribution in [0.4, 0.5) is 0 Å². The first kappa shape index (κ1) is 50.6. The number of primary sulfonamides is 1. The molecule has 0 bridgehead atoms. The van der Waals surface area contributed by atoms with Crippen LogP contribution in [0.2, 0.25) is 46.6 Å². The third-order valence-corrected chi connectivity index (χ3v) is 24.6. The molecule has 0 spiro atoms. The average molecular weight is 972 g/mol. The van der Waals surface area contributed by atoms with E-state index in [0.717, 1.165) is 10.6 Å². The van der Waals surface area contributed by atoms with Gasteiger partial charge >= 0.3 is 5.97 Å². The van der Waals surface area contributed by atoms with E-state index < -0.39 is 48.1 Å². The normalized spacial score (nSPS) is 12.3. The van der Waals surface area contributed by atoms with E-state index in [1.807, 2.05) is 29.2 Å². The van der Waals surface area contributed by atoms with Crippen molar-refractivity contribution in [1.29, 1.82) is 0 Å². The molecule has 4 heterocycles. The van der Waals surface area contributed by atoms with Crippen LogP contribution in [0, 0.1) is 0 Å². The molecule has 0 atom stereocenters. The molecule has 4 aromatic heterocycles. The summed E-state index contributed by atoms with van der Waals surface area (Å²) in [5, 5.41) is 25.4. The second kappa shape index (κ2) is 19.4. The number of benzene rings is 2. The second-order valence-corrected chi connectivity index (χ2v) is 32.0. The summed E-state index contributed by atoms with van der Waals surface area (Å²) in [5.74, 6) is -0.987. The summed E-state index contributed by atoms with van der Waals surface area (Å²) in [5.41, 5.74) is -0.0520. The number of hydrogen-bond acceptors (Lipinski definition) is 10. The molecule has 21 heteroatoms. The largest absolute Gasteiger partial charge is 0.478 e. The lowest BCUT2D eigenvalue weighted by Crippen LogP contribution is -2.50. The second-order valence-electron chi connectivity index (χ2n) is 17.5. The van der Waals surface area contributed by atoms with E-state index in [2.05, 4.69) is 82.8 Å². The van der Waals surface area contributed by atoms with Gasteiger partial charge in [-0.05, 0) is 70.7 Å². The Kier molecular flexibility index (Phi) is 15.6. The highest BCUT2D eigenvalue weighted by Gasteiger charge is 2.40. The van der Waals surface area contributed by atoms with Crippen LogP contribution < -0.4 is 20.5 Å². The Balaban J connectivity index is 0.000000235. The zero-order valence-electron chi connectivity index (χ0n) is 36.6. The average Bonchev–Trinajstić information content (AvgIpc) is 3.90. The minimum absolute atomic E-state index is 0.0119. The number of aromatic carboxylic acids is 1. The smallest absolute Gasteiger partial charge is 0.338 e. The van der Waals surface area contributed by atoms with Crippen LogP contribution in [0.15, 0.2) is 119 Å². The topological polar surface area (TPSA) is 222 Å². The first-order chi connectivity index (χ1) is 29.0. The van der Waals surface area contributed by atoms with Crippen LogP contribution >= 0.6 is 23.2 Å². The Bertz CT molecular complexity index is 2810. The molecule has 1 amide bonds. The number of pyridine rings is 2. The first-order valence-electron chi connectivity index (χ1n) is 19.4. The predicted octanol–water partition coefficient (Wildman–Crippen LogP) is 7.42. The highest BCUT2D eigenvalue weighted by molar-refractivity contribution is 7.90. The lowest BCUT2D eigenvalue weighted by Gasteiger charge is -2.35. The van der Waals surface area contributed by atoms with Gasteiger partial charge in [0.15, 0.2) is 11.6 Å². The summed E-state index contributed by atoms with van der Waals surface area (Å²) in [4.78, 5) is 32.0. The molecule has 0 radical (unpaired) electrons. The Morgan fingerprint density at radius 2 is 1.00 bits per heavy atom. The molecule has 336 valence electrons. The van der Waals surface area contributed by atoms with E-state index in [4.69, 9.17) is 38.5 Å². The van der Waals surface area contributed by atoms with Gasteiger partial charge in [-0.15, -0.1) is 0 Å². The number of aromatic nitrogens is 6. The van der Waals surface area contributed by atoms with Crippen molar-refractivity contribution in [2.45, 2.75) is 87.6 Å². The summed E-state index contributed by atoms with van der Waals surface area (Å²) in [6.45, 7) is 22.4. The fourth-order valence-electron chi connectivity index (χ4n) is 5.22. The number of nitrogens with zero attached hydrogens (tertiary/aromatic N) is 6. The molecule has 0 aliphatic rings. The molecule has 0 aliphatic carbocycles. The summed E-state index contributed by atoms with van der Waals surface area (Å²) >= 11 is 12.1. The molecular formula is C42H52Cl2N8O7S2Si2. The molecule has 0 fully saturated rings. The van der Waals surface area contributed by atoms with E-state index in [9.17, 15) is 26.4 Å². The van der Waals surface area contributed by atoms with Crippen LogP contribution in [-0.2, 0) is 20.0 Å². The fraction of sp³-hybridized carbons (Fsp3) is 0.286. The maximum absolute atomic E-state index is 12.5. The van der Waals surface area contributed by atoms with Gasteiger partial charge in [-0.1, -0.05) is 127 Å². The Morgan fingerprint density at radius 1 is 0.619 bits per heavy atom. The monoisotopic (exact) mass is 970 g/mol. The number of carbonyl (C=O) groups excluding carboxylic acids is 1. The number of carboxylic acids is 1. The number of carboxylic acid groups (broad SMARTS) is 1. The van der Waals surface area contributed by atoms with E-state index in [1.54, 1.807) is 57.9 Å². The van der Waals surface area contributed by atoms with Crippen LogP contribution in [0.5, 0.6) is 0 Å². The molecule has 6 rings (SSSR count). The van der Waals surface area contributed by atoms with E-state index in [1.165, 1.54) is 36.4 Å². The lowest BCUT2D eigenvalue weighted by molar-refractivity contribution is 0.0696. The van der Waals surface area contributed by atoms with Gasteiger partial charge in [0, 0.05) is 23.0 Å². The zero-order chi connectivity index (χ0) is 47.3. The van der Waals surface area contributed by atoms with Crippen molar-refractivity contribution in [2.24, 2.45) is 5.14 Å². The predicted molar refractivity (Wildman–Crippen MR) is 252 cm³/mol. The summed E-state index contributed by atoms with van der Waals surface area (Å²) in [7, 11) is -11.1. The van der Waals surface area contributed by atoms with Crippen molar-refractivity contribution in [3.8, 4) is 11.6 Å². The maximum atomic E-state index is 12.5. The third kappa shape index (κ3) is 12.4. The lowest BCUT2D eigenvalue weighted by atomic mass is 10.2. The highest BCUT2D eigenvalue weighted by atomic mass is 35.5. The van der Waals surface area contributed by atoms with Crippen molar-refractivity contribution in [3.05, 3.63) is 131 Å². The number of nitrogens with one attached hydrogen (secondary N) is 1. The van der Waals surface area contributed by atoms with Crippen LogP contribution in [0.3, 0.4) is 0 Å². The van der Waals surface area contributed by atoms with E-state index >= 15 is 0 Å². The first-order valence-corrected chi connectivity index (χ1v) is 29.2. The number of hydrogen-bond donors (Lipinski definition) is 3. The number of carbonyl (C=O) groups is 2. The van der Waals surface area contributed by atoms with E-state index in [-0.39, 0.29) is 41.3 Å². The number of nitrogens with two attached hydrogens (primary N) is 1. The molecule has 63 heavy (non-hydrogen) atoms. The van der Waals surface area contributed by atoms with Gasteiger partial charge in [-0.3, -0.25) is 4.79 Å². The molecule has 0 aliphatic heterocycles. The quantitative estimate of drug-likeness (QED) is 0.0955. The van der Waals surface area contributed by atoms with Crippen LogP contribution in [0.1, 0.15) is 62.3 Å². The molecule has 0 saturated heterocycles. The SMILES string of the molecule is CC(C)(C)[Si](C)(C)c1ccn(-c2ccc(C(=O)NS(=O)(=O)c3ccccc3)c(Cl)n2)n1.CC(C)(C)[Si](C)(C)c1ccn(-c2ccc(C(=O)O)c(Cl)n2)n1.NS(=O)(=O)c1ccccc1. The van der Waals surface area contributed by atoms with Crippen LogP contribution in [0.25, 0.3) is 11.6 Å². The zero-order valence-corrected chi connectivity index (χ0v) is 41.8. The standard InChI is InChI=1S/C21H25ClN4O3SSi.C15H20ClN3O2Si.C6H7NO2S/c1-21(2,3)31(4,5)18-13-14-26(24-18)17-12-11-16(19(22)23-17)20(27)25-30(28,29)15-9-7-6-8-10-15;1-15(2,3)22(4,5)12-8-9-19(18-12)11-7-6-10(14(20)21)13(16)17-11;7-10(8,9)6-4-2-1-3-5-6/h6-14H,1-5H3,(H,25,27);6-9H,1-5H3,(H,20,21);1-5H,(H2,7,8,9). The van der Waals surface area contributed by atoms with Gasteiger partial charge in [0.2, 0.25) is 10.0 Å². The van der Waals surface area contributed by atoms with Crippen LogP contribution in [-0.4, -0.2) is 79.5 Å². The molecule has 15 nitrogen and oxygen atoms in total. The molecule has 6 aromatic rings. The van der Waals surface area contributed by atoms with E-state index in [0.29, 0.717) is 11.6 Å². The van der Waals surface area contributed by atoms with Crippen molar-refractivity contribution < 1.29 is 31.5 Å². The summed E-state index contributed by atoms with van der Waals surface area (Å²) < 4.78 is 51.3. The Hall–Kier alpha value is -5.03. The minimum Gasteiger partial charge on any atom is -0.478 e. The van der Waals surface area contributed by atoms with Gasteiger partial charge in [0.1, 0.15) is 26.5 Å². The number of rotatable bonds is 9. The molecule has 0 unspecified atom stereocenters. The minimum atomic E-state index is -4.01. The molecule has 2 aromatic carbocycles. The van der Waals surface area contributed by atoms with Gasteiger partial charge < -0.3 is 5.11 Å². The number of amides is 1. The highest BCUT2D eigenvalue weighted by Crippen LogP contribution is 2.36.